The number of hydrogen-bond donors (Lipinski definition) is 1. The van der Waals surface area contributed by atoms with Crippen molar-refractivity contribution < 1.29 is 9.66 Å². The molecule has 1 unspecified atom stereocenters. The molecule has 0 bridgehead atoms. The second-order valence-corrected chi connectivity index (χ2v) is 5.64. The van der Waals surface area contributed by atoms with Crippen LogP contribution in [-0.4, -0.2) is 24.1 Å². The van der Waals surface area contributed by atoms with E-state index < -0.39 is 0 Å². The van der Waals surface area contributed by atoms with E-state index in [4.69, 9.17) is 4.74 Å². The fraction of sp³-hybridized carbons (Fsp3) is 0.538. The lowest BCUT2D eigenvalue weighted by Gasteiger charge is -2.23. The van der Waals surface area contributed by atoms with Crippen molar-refractivity contribution in [3.05, 3.63) is 32.3 Å². The van der Waals surface area contributed by atoms with Crippen LogP contribution >= 0.6 is 15.9 Å². The van der Waals surface area contributed by atoms with Crippen molar-refractivity contribution in [1.29, 1.82) is 0 Å². The topological polar surface area (TPSA) is 64.4 Å². The molecule has 2 rings (SSSR count). The average molecular weight is 329 g/mol. The average Bonchev–Trinajstić information content (AvgIpc) is 2.40. The van der Waals surface area contributed by atoms with E-state index in [9.17, 15) is 10.1 Å². The highest BCUT2D eigenvalue weighted by Gasteiger charge is 2.17. The Morgan fingerprint density at radius 2 is 2.32 bits per heavy atom. The first kappa shape index (κ1) is 14.3. The predicted octanol–water partition coefficient (Wildman–Crippen LogP) is 3.19. The number of nitrogens with one attached hydrogen (secondary N) is 1. The molecule has 6 heteroatoms. The van der Waals surface area contributed by atoms with E-state index in [0.717, 1.165) is 13.0 Å². The Balaban J connectivity index is 2.04. The molecule has 1 atom stereocenters. The number of halogens is 1. The lowest BCUT2D eigenvalue weighted by Crippen LogP contribution is -2.38. The van der Waals surface area contributed by atoms with E-state index in [1.807, 2.05) is 0 Å². The zero-order chi connectivity index (χ0) is 13.8. The monoisotopic (exact) mass is 328 g/mol. The number of ether oxygens (including phenoxy) is 1. The summed E-state index contributed by atoms with van der Waals surface area (Å²) in [6.45, 7) is 3.35. The third kappa shape index (κ3) is 3.67. The van der Waals surface area contributed by atoms with E-state index in [2.05, 4.69) is 21.2 Å². The van der Waals surface area contributed by atoms with Gasteiger partial charge in [-0.3, -0.25) is 10.1 Å². The summed E-state index contributed by atoms with van der Waals surface area (Å²) in [7, 11) is 0. The number of nitrogens with zero attached hydrogens (tertiary/aromatic N) is 1. The lowest BCUT2D eigenvalue weighted by atomic mass is 10.1. The summed E-state index contributed by atoms with van der Waals surface area (Å²) in [4.78, 5) is 10.4. The number of nitro benzene ring substituents is 1. The van der Waals surface area contributed by atoms with E-state index in [1.165, 1.54) is 18.9 Å². The Morgan fingerprint density at radius 3 is 2.95 bits per heavy atom. The molecule has 0 amide bonds. The van der Waals surface area contributed by atoms with Gasteiger partial charge in [-0.05, 0) is 48.3 Å². The molecule has 1 fully saturated rings. The van der Waals surface area contributed by atoms with Gasteiger partial charge in [0.2, 0.25) is 0 Å². The molecule has 1 aromatic rings. The Kier molecular flexibility index (Phi) is 4.76. The minimum atomic E-state index is -0.382. The van der Waals surface area contributed by atoms with Crippen LogP contribution in [0.25, 0.3) is 0 Å². The number of piperidine rings is 1. The summed E-state index contributed by atoms with van der Waals surface area (Å²) in [5.41, 5.74) is 0.717. The van der Waals surface area contributed by atoms with Crippen LogP contribution in [0.2, 0.25) is 0 Å². The predicted molar refractivity (Wildman–Crippen MR) is 76.7 cm³/mol. The summed E-state index contributed by atoms with van der Waals surface area (Å²) >= 11 is 3.32. The maximum absolute atomic E-state index is 10.8. The fourth-order valence-electron chi connectivity index (χ4n) is 2.21. The van der Waals surface area contributed by atoms with Crippen molar-refractivity contribution in [2.75, 3.05) is 13.2 Å². The number of hydrogen-bond acceptors (Lipinski definition) is 4. The van der Waals surface area contributed by atoms with Gasteiger partial charge in [0.15, 0.2) is 0 Å². The summed E-state index contributed by atoms with van der Waals surface area (Å²) in [6, 6.07) is 3.58. The molecule has 0 aliphatic carbocycles. The van der Waals surface area contributed by atoms with E-state index >= 15 is 0 Å². The standard InChI is InChI=1S/C13H17BrN2O3/c1-9-6-13(11(14)7-12(9)16(17)18)19-8-10-4-2-3-5-15-10/h6-7,10,15H,2-5,8H2,1H3. The SMILES string of the molecule is Cc1cc(OCC2CCCCN2)c(Br)cc1[N+](=O)[O-]. The molecular formula is C13H17BrN2O3. The molecule has 0 aromatic heterocycles. The number of benzene rings is 1. The van der Waals surface area contributed by atoms with Gasteiger partial charge in [0.1, 0.15) is 12.4 Å². The first-order valence-corrected chi connectivity index (χ1v) is 7.18. The fourth-order valence-corrected chi connectivity index (χ4v) is 2.65. The molecule has 1 heterocycles. The van der Waals surface area contributed by atoms with Gasteiger partial charge in [-0.25, -0.2) is 0 Å². The van der Waals surface area contributed by atoms with Crippen LogP contribution in [0.4, 0.5) is 5.69 Å². The number of nitro groups is 1. The second-order valence-electron chi connectivity index (χ2n) is 4.78. The highest BCUT2D eigenvalue weighted by Crippen LogP contribution is 2.32. The van der Waals surface area contributed by atoms with Crippen LogP contribution in [0.1, 0.15) is 24.8 Å². The molecule has 1 N–H and O–H groups in total. The smallest absolute Gasteiger partial charge is 0.273 e. The molecule has 1 aromatic carbocycles. The van der Waals surface area contributed by atoms with Gasteiger partial charge >= 0.3 is 0 Å². The van der Waals surface area contributed by atoms with Crippen molar-refractivity contribution in [2.24, 2.45) is 0 Å². The Hall–Kier alpha value is -1.14. The van der Waals surface area contributed by atoms with Gasteiger partial charge in [-0.1, -0.05) is 6.42 Å². The summed E-state index contributed by atoms with van der Waals surface area (Å²) in [5.74, 6) is 0.662. The summed E-state index contributed by atoms with van der Waals surface area (Å²) in [6.07, 6.45) is 3.56. The molecular weight excluding hydrogens is 312 g/mol. The van der Waals surface area contributed by atoms with Crippen molar-refractivity contribution in [3.63, 3.8) is 0 Å². The molecule has 0 spiro atoms. The van der Waals surface area contributed by atoms with Crippen LogP contribution in [0, 0.1) is 17.0 Å². The molecule has 19 heavy (non-hydrogen) atoms. The van der Waals surface area contributed by atoms with Gasteiger partial charge in [0.25, 0.3) is 5.69 Å². The molecule has 1 saturated heterocycles. The molecule has 0 radical (unpaired) electrons. The maximum atomic E-state index is 10.8. The first-order chi connectivity index (χ1) is 9.08. The van der Waals surface area contributed by atoms with Crippen LogP contribution in [0.3, 0.4) is 0 Å². The normalized spacial score (nSPS) is 19.2. The quantitative estimate of drug-likeness (QED) is 0.681. The number of aryl methyl sites for hydroxylation is 1. The summed E-state index contributed by atoms with van der Waals surface area (Å²) < 4.78 is 6.39. The van der Waals surface area contributed by atoms with E-state index in [1.54, 1.807) is 13.0 Å². The maximum Gasteiger partial charge on any atom is 0.273 e. The molecule has 1 aliphatic heterocycles. The largest absolute Gasteiger partial charge is 0.491 e. The molecule has 104 valence electrons. The highest BCUT2D eigenvalue weighted by molar-refractivity contribution is 9.10. The van der Waals surface area contributed by atoms with Crippen LogP contribution in [0.5, 0.6) is 5.75 Å². The van der Waals surface area contributed by atoms with Crippen LogP contribution < -0.4 is 10.1 Å². The van der Waals surface area contributed by atoms with Gasteiger partial charge in [0, 0.05) is 17.7 Å². The third-order valence-corrected chi connectivity index (χ3v) is 3.92. The zero-order valence-corrected chi connectivity index (χ0v) is 12.4. The van der Waals surface area contributed by atoms with Crippen LogP contribution in [0.15, 0.2) is 16.6 Å². The van der Waals surface area contributed by atoms with Gasteiger partial charge in [0.05, 0.1) is 9.40 Å². The van der Waals surface area contributed by atoms with Gasteiger partial charge in [-0.2, -0.15) is 0 Å². The van der Waals surface area contributed by atoms with Crippen LogP contribution in [-0.2, 0) is 0 Å². The van der Waals surface area contributed by atoms with Crippen molar-refractivity contribution in [1.82, 2.24) is 5.32 Å². The molecule has 1 aliphatic rings. The Labute approximate surface area is 120 Å². The third-order valence-electron chi connectivity index (χ3n) is 3.30. The van der Waals surface area contributed by atoms with E-state index in [0.29, 0.717) is 28.4 Å². The summed E-state index contributed by atoms with van der Waals surface area (Å²) in [5, 5.41) is 14.2. The highest BCUT2D eigenvalue weighted by atomic mass is 79.9. The van der Waals surface area contributed by atoms with Gasteiger partial charge < -0.3 is 10.1 Å². The zero-order valence-electron chi connectivity index (χ0n) is 10.8. The minimum absolute atomic E-state index is 0.106. The van der Waals surface area contributed by atoms with E-state index in [-0.39, 0.29) is 10.6 Å². The van der Waals surface area contributed by atoms with Gasteiger partial charge in [-0.15, -0.1) is 0 Å². The molecule has 0 saturated carbocycles. The lowest BCUT2D eigenvalue weighted by molar-refractivity contribution is -0.385. The first-order valence-electron chi connectivity index (χ1n) is 6.38. The second kappa shape index (κ2) is 6.34. The Bertz CT molecular complexity index is 473. The van der Waals surface area contributed by atoms with Crippen molar-refractivity contribution in [2.45, 2.75) is 32.2 Å². The number of rotatable bonds is 4. The Morgan fingerprint density at radius 1 is 1.53 bits per heavy atom. The minimum Gasteiger partial charge on any atom is -0.491 e. The van der Waals surface area contributed by atoms with Crippen molar-refractivity contribution in [3.8, 4) is 5.75 Å². The van der Waals surface area contributed by atoms with Crippen molar-refractivity contribution >= 4 is 21.6 Å². The molecule has 5 nitrogen and oxygen atoms in total.